The summed E-state index contributed by atoms with van der Waals surface area (Å²) < 4.78 is 20.1. The predicted octanol–water partition coefficient (Wildman–Crippen LogP) is 4.00. The van der Waals surface area contributed by atoms with Crippen LogP contribution in [0.5, 0.6) is 5.75 Å². The summed E-state index contributed by atoms with van der Waals surface area (Å²) >= 11 is 2.21. The van der Waals surface area contributed by atoms with Gasteiger partial charge in [-0.15, -0.1) is 0 Å². The summed E-state index contributed by atoms with van der Waals surface area (Å²) in [7, 11) is 0. The van der Waals surface area contributed by atoms with Gasteiger partial charge in [-0.25, -0.2) is 9.18 Å². The Labute approximate surface area is 129 Å². The molecule has 0 amide bonds. The Morgan fingerprint density at radius 1 is 1.20 bits per heavy atom. The van der Waals surface area contributed by atoms with Gasteiger partial charge in [-0.3, -0.25) is 0 Å². The van der Waals surface area contributed by atoms with Crippen LogP contribution >= 0.6 is 22.6 Å². The third-order valence-corrected chi connectivity index (χ3v) is 3.16. The highest BCUT2D eigenvalue weighted by Gasteiger charge is 2.10. The second-order valence-corrected chi connectivity index (χ2v) is 5.14. The van der Waals surface area contributed by atoms with Crippen LogP contribution in [0.2, 0.25) is 0 Å². The molecule has 0 atom stereocenters. The number of rotatable bonds is 5. The van der Waals surface area contributed by atoms with Gasteiger partial charge in [0, 0.05) is 9.99 Å². The Balaban J connectivity index is 2.31. The van der Waals surface area contributed by atoms with E-state index in [4.69, 9.17) is 9.84 Å². The highest BCUT2D eigenvalue weighted by Crippen LogP contribution is 2.26. The van der Waals surface area contributed by atoms with E-state index in [0.29, 0.717) is 17.9 Å². The third-order valence-electron chi connectivity index (χ3n) is 2.72. The van der Waals surface area contributed by atoms with Crippen LogP contribution in [-0.2, 0) is 0 Å². The van der Waals surface area contributed by atoms with Crippen molar-refractivity contribution >= 4 is 28.6 Å². The van der Waals surface area contributed by atoms with Crippen molar-refractivity contribution in [1.29, 1.82) is 0 Å². The Morgan fingerprint density at radius 2 is 1.90 bits per heavy atom. The summed E-state index contributed by atoms with van der Waals surface area (Å²) in [6.45, 7) is 0.614. The molecule has 3 nitrogen and oxygen atoms in total. The molecular weight excluding hydrogens is 374 g/mol. The smallest absolute Gasteiger partial charge is 0.335 e. The molecule has 2 aromatic rings. The standard InChI is InChI=1S/C15H12FIO3/c16-14-6-3-11(15(18)19)9-13(14)10-1-4-12(5-2-10)20-8-7-17/h1-6,9H,7-8H2,(H,18,19). The van der Waals surface area contributed by atoms with Crippen molar-refractivity contribution in [3.63, 3.8) is 0 Å². The topological polar surface area (TPSA) is 46.5 Å². The average molecular weight is 386 g/mol. The number of carboxylic acid groups (broad SMARTS) is 1. The minimum Gasteiger partial charge on any atom is -0.493 e. The Hall–Kier alpha value is -1.63. The van der Waals surface area contributed by atoms with Gasteiger partial charge in [0.2, 0.25) is 0 Å². The van der Waals surface area contributed by atoms with Crippen LogP contribution in [0.3, 0.4) is 0 Å². The highest BCUT2D eigenvalue weighted by atomic mass is 127. The molecule has 0 saturated carbocycles. The van der Waals surface area contributed by atoms with Crippen LogP contribution in [0.4, 0.5) is 4.39 Å². The Bertz CT molecular complexity index is 611. The fourth-order valence-electron chi connectivity index (χ4n) is 1.77. The quantitative estimate of drug-likeness (QED) is 0.624. The van der Waals surface area contributed by atoms with Crippen molar-refractivity contribution in [1.82, 2.24) is 0 Å². The van der Waals surface area contributed by atoms with E-state index in [1.807, 2.05) is 0 Å². The minimum atomic E-state index is -1.08. The van der Waals surface area contributed by atoms with Gasteiger partial charge in [0.05, 0.1) is 12.2 Å². The number of carboxylic acids is 1. The molecule has 0 saturated heterocycles. The second kappa shape index (κ2) is 6.69. The fourth-order valence-corrected chi connectivity index (χ4v) is 1.99. The van der Waals surface area contributed by atoms with E-state index in [9.17, 15) is 9.18 Å². The lowest BCUT2D eigenvalue weighted by molar-refractivity contribution is 0.0697. The van der Waals surface area contributed by atoms with Crippen LogP contribution < -0.4 is 4.74 Å². The zero-order valence-electron chi connectivity index (χ0n) is 10.5. The van der Waals surface area contributed by atoms with Gasteiger partial charge in [0.15, 0.2) is 0 Å². The molecule has 104 valence electrons. The van der Waals surface area contributed by atoms with Crippen molar-refractivity contribution in [2.45, 2.75) is 0 Å². The first kappa shape index (κ1) is 14.8. The van der Waals surface area contributed by atoms with Gasteiger partial charge < -0.3 is 9.84 Å². The molecule has 0 aromatic heterocycles. The molecule has 0 heterocycles. The van der Waals surface area contributed by atoms with Crippen LogP contribution in [0.1, 0.15) is 10.4 Å². The number of alkyl halides is 1. The maximum Gasteiger partial charge on any atom is 0.335 e. The number of hydrogen-bond donors (Lipinski definition) is 1. The summed E-state index contributed by atoms with van der Waals surface area (Å²) in [5, 5.41) is 8.95. The third kappa shape index (κ3) is 3.47. The second-order valence-electron chi connectivity index (χ2n) is 4.06. The van der Waals surface area contributed by atoms with Crippen molar-refractivity contribution in [3.05, 3.63) is 53.8 Å². The van der Waals surface area contributed by atoms with Crippen LogP contribution in [0, 0.1) is 5.82 Å². The molecule has 1 N–H and O–H groups in total. The first-order valence-corrected chi connectivity index (χ1v) is 7.46. The van der Waals surface area contributed by atoms with Gasteiger partial charge in [0.25, 0.3) is 0 Å². The lowest BCUT2D eigenvalue weighted by atomic mass is 10.0. The maximum absolute atomic E-state index is 13.8. The molecule has 20 heavy (non-hydrogen) atoms. The first-order chi connectivity index (χ1) is 9.61. The highest BCUT2D eigenvalue weighted by molar-refractivity contribution is 14.1. The minimum absolute atomic E-state index is 0.0617. The molecule has 5 heteroatoms. The summed E-state index contributed by atoms with van der Waals surface area (Å²) in [4.78, 5) is 10.9. The predicted molar refractivity (Wildman–Crippen MR) is 83.2 cm³/mol. The first-order valence-electron chi connectivity index (χ1n) is 5.94. The van der Waals surface area contributed by atoms with Gasteiger partial charge >= 0.3 is 5.97 Å². The molecule has 0 spiro atoms. The molecule has 0 radical (unpaired) electrons. The largest absolute Gasteiger partial charge is 0.493 e. The van der Waals surface area contributed by atoms with Gasteiger partial charge in [-0.2, -0.15) is 0 Å². The maximum atomic E-state index is 13.8. The molecule has 0 bridgehead atoms. The number of carbonyl (C=O) groups is 1. The molecule has 0 fully saturated rings. The van der Waals surface area contributed by atoms with E-state index in [2.05, 4.69) is 22.6 Å². The fraction of sp³-hybridized carbons (Fsp3) is 0.133. The van der Waals surface area contributed by atoms with Crippen LogP contribution in [0.15, 0.2) is 42.5 Å². The van der Waals surface area contributed by atoms with Crippen molar-refractivity contribution < 1.29 is 19.0 Å². The lowest BCUT2D eigenvalue weighted by Gasteiger charge is -2.07. The van der Waals surface area contributed by atoms with Crippen LogP contribution in [-0.4, -0.2) is 22.1 Å². The molecule has 0 aliphatic heterocycles. The zero-order valence-corrected chi connectivity index (χ0v) is 12.6. The number of aromatic carboxylic acids is 1. The van der Waals surface area contributed by atoms with E-state index < -0.39 is 11.8 Å². The Kier molecular flexibility index (Phi) is 4.94. The van der Waals surface area contributed by atoms with E-state index >= 15 is 0 Å². The Morgan fingerprint density at radius 3 is 2.50 bits per heavy atom. The summed E-state index contributed by atoms with van der Waals surface area (Å²) in [6.07, 6.45) is 0. The average Bonchev–Trinajstić information content (AvgIpc) is 2.46. The van der Waals surface area contributed by atoms with Gasteiger partial charge in [-0.05, 0) is 35.9 Å². The van der Waals surface area contributed by atoms with Crippen LogP contribution in [0.25, 0.3) is 11.1 Å². The monoisotopic (exact) mass is 386 g/mol. The van der Waals surface area contributed by atoms with Crippen molar-refractivity contribution in [3.8, 4) is 16.9 Å². The van der Waals surface area contributed by atoms with E-state index in [-0.39, 0.29) is 11.1 Å². The molecule has 2 aromatic carbocycles. The molecule has 0 aliphatic rings. The van der Waals surface area contributed by atoms with Crippen molar-refractivity contribution in [2.75, 3.05) is 11.0 Å². The van der Waals surface area contributed by atoms with E-state index in [1.54, 1.807) is 24.3 Å². The SMILES string of the molecule is O=C(O)c1ccc(F)c(-c2ccc(OCCI)cc2)c1. The van der Waals surface area contributed by atoms with E-state index in [0.717, 1.165) is 4.43 Å². The number of benzene rings is 2. The summed E-state index contributed by atoms with van der Waals surface area (Å²) in [6, 6.07) is 10.7. The molecule has 2 rings (SSSR count). The normalized spacial score (nSPS) is 10.3. The summed E-state index contributed by atoms with van der Waals surface area (Å²) in [5.74, 6) is -0.815. The van der Waals surface area contributed by atoms with Crippen molar-refractivity contribution in [2.24, 2.45) is 0 Å². The van der Waals surface area contributed by atoms with Gasteiger partial charge in [0.1, 0.15) is 11.6 Å². The molecule has 0 aliphatic carbocycles. The molecular formula is C15H12FIO3. The zero-order chi connectivity index (χ0) is 14.5. The molecule has 0 unspecified atom stereocenters. The number of halogens is 2. The number of hydrogen-bond acceptors (Lipinski definition) is 2. The summed E-state index contributed by atoms with van der Waals surface area (Å²) in [5.41, 5.74) is 0.949. The lowest BCUT2D eigenvalue weighted by Crippen LogP contribution is -1.98. The van der Waals surface area contributed by atoms with E-state index in [1.165, 1.54) is 18.2 Å². The number of ether oxygens (including phenoxy) is 1. The van der Waals surface area contributed by atoms with Gasteiger partial charge in [-0.1, -0.05) is 34.7 Å².